The monoisotopic (exact) mass is 404 g/mol. The molecule has 0 rings (SSSR count). The van der Waals surface area contributed by atoms with Crippen molar-refractivity contribution in [2.75, 3.05) is 0 Å². The first-order valence-corrected chi connectivity index (χ1v) is 0. The van der Waals surface area contributed by atoms with Crippen LogP contribution in [0, 0.1) is 0 Å². The van der Waals surface area contributed by atoms with Crippen LogP contribution in [0.25, 0.3) is 0 Å². The van der Waals surface area contributed by atoms with E-state index in [2.05, 4.69) is 0 Å². The van der Waals surface area contributed by atoms with Crippen LogP contribution in [-0.2, 0) is 36.5 Å². The topological polar surface area (TPSA) is 0 Å². The minimum absolute atomic E-state index is 0. The van der Waals surface area contributed by atoms with Crippen LogP contribution < -0.4 is 0 Å². The predicted octanol–water partition coefficient (Wildman–Crippen LogP) is -1.68. The summed E-state index contributed by atoms with van der Waals surface area (Å²) in [4.78, 5) is 0. The van der Waals surface area contributed by atoms with E-state index in [1.165, 1.54) is 0 Å². The second kappa shape index (κ2) is 27.7. The molecule has 0 fully saturated rings. The molecule has 1 radical (unpaired) electrons. The fraction of sp³-hybridized carbons (Fsp3) is 0. The van der Waals surface area contributed by atoms with Gasteiger partial charge in [-0.25, -0.2) is 0 Å². The molecule has 5 heteroatoms. The molecule has 0 saturated heterocycles. The van der Waals surface area contributed by atoms with Crippen LogP contribution in [-0.4, -0.2) is 60.0 Å². The van der Waals surface area contributed by atoms with Crippen molar-refractivity contribution >= 4 is 60.0 Å². The van der Waals surface area contributed by atoms with Crippen molar-refractivity contribution in [3.63, 3.8) is 0 Å². The summed E-state index contributed by atoms with van der Waals surface area (Å²) in [5.41, 5.74) is 0. The van der Waals surface area contributed by atoms with Gasteiger partial charge in [-0.15, -0.1) is 0 Å². The molecule has 0 saturated carbocycles. The molecule has 0 nitrogen and oxygen atoms in total. The molecule has 0 aromatic carbocycles. The van der Waals surface area contributed by atoms with Gasteiger partial charge in [0.2, 0.25) is 0 Å². The van der Waals surface area contributed by atoms with Gasteiger partial charge in [0.15, 0.2) is 0 Å². The van der Waals surface area contributed by atoms with Crippen molar-refractivity contribution in [1.82, 2.24) is 0 Å². The number of hydrogen-bond acceptors (Lipinski definition) is 0. The van der Waals surface area contributed by atoms with Crippen LogP contribution in [0.3, 0.4) is 0 Å². The third-order valence-electron chi connectivity index (χ3n) is 0. The predicted molar refractivity (Wildman–Crippen MR) is 20.1 cm³/mol. The van der Waals surface area contributed by atoms with Crippen molar-refractivity contribution in [3.8, 4) is 0 Å². The SMILES string of the molecule is [Cu+2].[In+3].[Se-2].[SeH2].[Zn+2]. The summed E-state index contributed by atoms with van der Waals surface area (Å²) in [5, 5.41) is 0. The van der Waals surface area contributed by atoms with E-state index in [0.717, 1.165) is 0 Å². The summed E-state index contributed by atoms with van der Waals surface area (Å²) in [5.74, 6) is 0. The van der Waals surface area contributed by atoms with Crippen LogP contribution in [0.4, 0.5) is 0 Å². The van der Waals surface area contributed by atoms with Crippen molar-refractivity contribution in [2.45, 2.75) is 0 Å². The molecule has 0 aromatic heterocycles. The molecule has 0 bridgehead atoms. The van der Waals surface area contributed by atoms with E-state index in [4.69, 9.17) is 0 Å². The Morgan fingerprint density at radius 2 is 1.00 bits per heavy atom. The number of rotatable bonds is 0. The van der Waals surface area contributed by atoms with E-state index in [9.17, 15) is 0 Å². The standard InChI is InChI=1S/Cu.In.H2Se.Se.Zn/h;;1H2;;/q+2;+3;;-2;+2. The summed E-state index contributed by atoms with van der Waals surface area (Å²) < 4.78 is 0. The first-order valence-electron chi connectivity index (χ1n) is 0. The zero-order valence-electron chi connectivity index (χ0n) is 2.49. The third kappa shape index (κ3) is 19.3. The van der Waals surface area contributed by atoms with E-state index in [-0.39, 0.29) is 96.5 Å². The van der Waals surface area contributed by atoms with Gasteiger partial charge in [-0.05, 0) is 0 Å². The maximum Gasteiger partial charge on any atom is 2.00 e. The van der Waals surface area contributed by atoms with Crippen LogP contribution >= 0.6 is 0 Å². The van der Waals surface area contributed by atoms with Crippen molar-refractivity contribution in [1.29, 1.82) is 0 Å². The molecule has 0 spiro atoms. The molecule has 25 valence electrons. The average Bonchev–Trinajstić information content (AvgIpc) is 0. The van der Waals surface area contributed by atoms with Gasteiger partial charge in [0.1, 0.15) is 0 Å². The smallest absolute Gasteiger partial charge is 2.00 e. The van der Waals surface area contributed by atoms with E-state index < -0.39 is 0 Å². The molecule has 0 unspecified atom stereocenters. The van der Waals surface area contributed by atoms with Gasteiger partial charge >= 0.3 is 79.5 Å². The first kappa shape index (κ1) is 43.0. The third-order valence-corrected chi connectivity index (χ3v) is 0. The maximum atomic E-state index is 0. The van der Waals surface area contributed by atoms with Gasteiger partial charge in [0.05, 0.1) is 0 Å². The molecule has 0 aromatic rings. The van der Waals surface area contributed by atoms with E-state index in [0.29, 0.717) is 0 Å². The summed E-state index contributed by atoms with van der Waals surface area (Å²) in [7, 11) is 0. The Morgan fingerprint density at radius 3 is 1.00 bits per heavy atom. The van der Waals surface area contributed by atoms with Crippen LogP contribution in [0.1, 0.15) is 0 Å². The molecule has 5 heavy (non-hydrogen) atoms. The summed E-state index contributed by atoms with van der Waals surface area (Å²) >= 11 is 0. The second-order valence-corrected chi connectivity index (χ2v) is 0. The van der Waals surface area contributed by atoms with Crippen molar-refractivity contribution in [3.05, 3.63) is 0 Å². The molecule has 0 atom stereocenters. The Balaban J connectivity index is 0. The molecule has 0 aliphatic heterocycles. The van der Waals surface area contributed by atoms with Crippen LogP contribution in [0.15, 0.2) is 0 Å². The Hall–Kier alpha value is 3.05. The van der Waals surface area contributed by atoms with Gasteiger partial charge in [-0.2, -0.15) is 0 Å². The fourth-order valence-corrected chi connectivity index (χ4v) is 0. The van der Waals surface area contributed by atoms with Gasteiger partial charge in [-0.3, -0.25) is 0 Å². The first-order chi connectivity index (χ1) is 0. The fourth-order valence-electron chi connectivity index (χ4n) is 0. The van der Waals surface area contributed by atoms with Crippen molar-refractivity contribution < 1.29 is 36.5 Å². The zero-order valence-corrected chi connectivity index (χ0v) is 13.5. The van der Waals surface area contributed by atoms with Crippen LogP contribution in [0.2, 0.25) is 0 Å². The molecule has 0 N–H and O–H groups in total. The number of hydrogen-bond donors (Lipinski definition) is 0. The van der Waals surface area contributed by atoms with E-state index >= 15 is 0 Å². The normalized spacial score (nSPS) is 0. The van der Waals surface area contributed by atoms with Gasteiger partial charge in [0, 0.05) is 0 Å². The Kier molecular flexibility index (Phi) is 238. The maximum absolute atomic E-state index is 0. The van der Waals surface area contributed by atoms with Gasteiger partial charge in [0.25, 0.3) is 0 Å². The minimum atomic E-state index is 0. The minimum Gasteiger partial charge on any atom is 2.00 e. The average molecular weight is 404 g/mol. The van der Waals surface area contributed by atoms with Crippen LogP contribution in [0.5, 0.6) is 0 Å². The Labute approximate surface area is 94.9 Å². The molecular formula is H2CuInSe2Zn+5. The molecular weight excluding hydrogens is 402 g/mol. The molecule has 0 heterocycles. The largest absolute Gasteiger partial charge is 2.00 e. The summed E-state index contributed by atoms with van der Waals surface area (Å²) in [6.45, 7) is 0. The van der Waals surface area contributed by atoms with Crippen molar-refractivity contribution in [2.24, 2.45) is 0 Å². The Morgan fingerprint density at radius 1 is 1.00 bits per heavy atom. The van der Waals surface area contributed by atoms with E-state index in [1.54, 1.807) is 0 Å². The zero-order chi connectivity index (χ0) is 0. The van der Waals surface area contributed by atoms with Gasteiger partial charge < -0.3 is 17.1 Å². The summed E-state index contributed by atoms with van der Waals surface area (Å²) in [6, 6.07) is 0. The summed E-state index contributed by atoms with van der Waals surface area (Å²) in [6.07, 6.45) is 0. The Bertz CT molecular complexity index is 9.61. The molecule has 0 aliphatic carbocycles. The second-order valence-electron chi connectivity index (χ2n) is 0. The van der Waals surface area contributed by atoms with E-state index in [1.807, 2.05) is 0 Å². The molecule has 0 amide bonds. The quantitative estimate of drug-likeness (QED) is 0.424. The molecule has 0 aliphatic rings. The van der Waals surface area contributed by atoms with Gasteiger partial charge in [-0.1, -0.05) is 0 Å².